The first-order valence-corrected chi connectivity index (χ1v) is 10.6. The van der Waals surface area contributed by atoms with Crippen molar-refractivity contribution in [2.24, 2.45) is 0 Å². The number of amides is 3. The second-order valence-electron chi connectivity index (χ2n) is 6.91. The molecule has 1 heterocycles. The molecule has 0 radical (unpaired) electrons. The molecule has 0 aliphatic rings. The Bertz CT molecular complexity index is 1130. The summed E-state index contributed by atoms with van der Waals surface area (Å²) in [4.78, 5) is 36.6. The van der Waals surface area contributed by atoms with E-state index in [1.165, 1.54) is 6.92 Å². The van der Waals surface area contributed by atoms with Gasteiger partial charge in [-0.2, -0.15) is 5.26 Å². The Hall–Kier alpha value is -3.70. The summed E-state index contributed by atoms with van der Waals surface area (Å²) < 4.78 is 1.06. The number of thiophene rings is 1. The molecule has 3 N–H and O–H groups in total. The third kappa shape index (κ3) is 5.68. The monoisotopic (exact) mass is 434 g/mol. The van der Waals surface area contributed by atoms with Gasteiger partial charge in [0.1, 0.15) is 0 Å². The molecule has 3 aromatic rings. The molecule has 3 amide bonds. The van der Waals surface area contributed by atoms with Crippen LogP contribution in [0.25, 0.3) is 10.1 Å². The summed E-state index contributed by atoms with van der Waals surface area (Å²) in [7, 11) is 0. The zero-order valence-electron chi connectivity index (χ0n) is 17.0. The Morgan fingerprint density at radius 3 is 2.52 bits per heavy atom. The van der Waals surface area contributed by atoms with Crippen LogP contribution in [-0.4, -0.2) is 30.8 Å². The van der Waals surface area contributed by atoms with Crippen molar-refractivity contribution in [3.05, 3.63) is 65.0 Å². The van der Waals surface area contributed by atoms with E-state index in [1.54, 1.807) is 35.6 Å². The number of nitrogens with zero attached hydrogens (tertiary/aromatic N) is 1. The number of rotatable bonds is 8. The fourth-order valence-corrected chi connectivity index (χ4v) is 4.20. The van der Waals surface area contributed by atoms with Crippen molar-refractivity contribution in [1.29, 1.82) is 5.26 Å². The van der Waals surface area contributed by atoms with Crippen LogP contribution in [-0.2, 0) is 9.59 Å². The molecule has 0 bridgehead atoms. The predicted octanol–water partition coefficient (Wildman–Crippen LogP) is 3.40. The maximum absolute atomic E-state index is 12.8. The van der Waals surface area contributed by atoms with E-state index >= 15 is 0 Å². The van der Waals surface area contributed by atoms with Gasteiger partial charge in [-0.25, -0.2) is 0 Å². The number of nitriles is 1. The molecule has 1 aromatic heterocycles. The number of carbonyl (C=O) groups is 3. The zero-order valence-corrected chi connectivity index (χ0v) is 17.8. The van der Waals surface area contributed by atoms with Crippen molar-refractivity contribution in [3.8, 4) is 6.07 Å². The lowest BCUT2D eigenvalue weighted by molar-refractivity contribution is -0.122. The number of anilines is 1. The van der Waals surface area contributed by atoms with Crippen LogP contribution in [0.3, 0.4) is 0 Å². The van der Waals surface area contributed by atoms with Crippen LogP contribution in [0.15, 0.2) is 53.9 Å². The van der Waals surface area contributed by atoms with Gasteiger partial charge in [0.15, 0.2) is 0 Å². The molecule has 2 aromatic carbocycles. The van der Waals surface area contributed by atoms with Crippen molar-refractivity contribution in [2.75, 3.05) is 18.4 Å². The Morgan fingerprint density at radius 2 is 1.81 bits per heavy atom. The summed E-state index contributed by atoms with van der Waals surface area (Å²) >= 11 is 1.55. The van der Waals surface area contributed by atoms with Crippen LogP contribution in [0.4, 0.5) is 5.69 Å². The number of benzene rings is 2. The van der Waals surface area contributed by atoms with Crippen LogP contribution in [0.1, 0.15) is 35.2 Å². The number of hydrogen-bond donors (Lipinski definition) is 3. The lowest BCUT2D eigenvalue weighted by atomic mass is 9.97. The molecule has 0 saturated heterocycles. The summed E-state index contributed by atoms with van der Waals surface area (Å²) in [6, 6.07) is 16.3. The molecule has 31 heavy (non-hydrogen) atoms. The number of nitrogens with one attached hydrogen (secondary N) is 3. The Morgan fingerprint density at radius 1 is 1.06 bits per heavy atom. The van der Waals surface area contributed by atoms with Crippen molar-refractivity contribution in [1.82, 2.24) is 10.6 Å². The van der Waals surface area contributed by atoms with Crippen molar-refractivity contribution < 1.29 is 14.4 Å². The van der Waals surface area contributed by atoms with E-state index in [-0.39, 0.29) is 37.2 Å². The Labute approximate surface area is 184 Å². The molecule has 8 heteroatoms. The first-order chi connectivity index (χ1) is 15.0. The van der Waals surface area contributed by atoms with Gasteiger partial charge in [-0.1, -0.05) is 18.2 Å². The van der Waals surface area contributed by atoms with Crippen LogP contribution < -0.4 is 16.0 Å². The van der Waals surface area contributed by atoms with Gasteiger partial charge >= 0.3 is 0 Å². The average molecular weight is 435 g/mol. The molecule has 0 spiro atoms. The van der Waals surface area contributed by atoms with Gasteiger partial charge < -0.3 is 16.0 Å². The highest BCUT2D eigenvalue weighted by molar-refractivity contribution is 7.17. The number of hydrogen-bond acceptors (Lipinski definition) is 5. The maximum atomic E-state index is 12.8. The fourth-order valence-electron chi connectivity index (χ4n) is 3.18. The minimum absolute atomic E-state index is 0.116. The molecular formula is C23H22N4O3S. The minimum Gasteiger partial charge on any atom is -0.354 e. The highest BCUT2D eigenvalue weighted by atomic mass is 32.1. The van der Waals surface area contributed by atoms with Gasteiger partial charge in [-0.3, -0.25) is 14.4 Å². The second kappa shape index (κ2) is 10.4. The van der Waals surface area contributed by atoms with Crippen LogP contribution in [0.5, 0.6) is 0 Å². The van der Waals surface area contributed by atoms with Crippen molar-refractivity contribution in [3.63, 3.8) is 0 Å². The van der Waals surface area contributed by atoms with E-state index in [0.29, 0.717) is 11.3 Å². The van der Waals surface area contributed by atoms with Gasteiger partial charge in [-0.15, -0.1) is 11.3 Å². The standard InChI is InChI=1S/C23H22N4O3S/c1-15(28)27-17-9-7-16(8-10-17)22(29)26-13-19(23(30)25-12-4-11-24)20-14-31-21-6-3-2-5-18(20)21/h2-3,5-10,14,19H,4,12-13H2,1H3,(H,25,30)(H,26,29)(H,27,28). The summed E-state index contributed by atoms with van der Waals surface area (Å²) in [6.07, 6.45) is 0.218. The molecule has 0 fully saturated rings. The fraction of sp³-hybridized carbons (Fsp3) is 0.217. The normalized spacial score (nSPS) is 11.4. The van der Waals surface area contributed by atoms with E-state index < -0.39 is 5.92 Å². The topological polar surface area (TPSA) is 111 Å². The van der Waals surface area contributed by atoms with Crippen molar-refractivity contribution >= 4 is 44.8 Å². The predicted molar refractivity (Wildman–Crippen MR) is 121 cm³/mol. The molecule has 3 rings (SSSR count). The number of carbonyl (C=O) groups excluding carboxylic acids is 3. The lowest BCUT2D eigenvalue weighted by Crippen LogP contribution is -2.37. The third-order valence-electron chi connectivity index (χ3n) is 4.67. The highest BCUT2D eigenvalue weighted by Crippen LogP contribution is 2.31. The summed E-state index contributed by atoms with van der Waals surface area (Å²) in [5.74, 6) is -1.33. The number of fused-ring (bicyclic) bond motifs is 1. The summed E-state index contributed by atoms with van der Waals surface area (Å²) in [6.45, 7) is 1.79. The van der Waals surface area contributed by atoms with E-state index in [1.807, 2.05) is 35.7 Å². The quantitative estimate of drug-likeness (QED) is 0.472. The average Bonchev–Trinajstić information content (AvgIpc) is 3.18. The van der Waals surface area contributed by atoms with Gasteiger partial charge in [0, 0.05) is 36.0 Å². The van der Waals surface area contributed by atoms with E-state index in [4.69, 9.17) is 5.26 Å². The second-order valence-corrected chi connectivity index (χ2v) is 7.82. The Balaban J connectivity index is 1.75. The first-order valence-electron chi connectivity index (χ1n) is 9.76. The first kappa shape index (κ1) is 22.0. The molecule has 0 saturated carbocycles. The largest absolute Gasteiger partial charge is 0.354 e. The van der Waals surface area contributed by atoms with E-state index in [9.17, 15) is 14.4 Å². The van der Waals surface area contributed by atoms with Crippen molar-refractivity contribution in [2.45, 2.75) is 19.3 Å². The lowest BCUT2D eigenvalue weighted by Gasteiger charge is -2.17. The molecule has 158 valence electrons. The maximum Gasteiger partial charge on any atom is 0.251 e. The molecule has 7 nitrogen and oxygen atoms in total. The summed E-state index contributed by atoms with van der Waals surface area (Å²) in [5, 5.41) is 19.9. The summed E-state index contributed by atoms with van der Waals surface area (Å²) in [5.41, 5.74) is 1.87. The molecule has 0 aliphatic heterocycles. The SMILES string of the molecule is CC(=O)Nc1ccc(C(=O)NCC(C(=O)NCCC#N)c2csc3ccccc23)cc1. The van der Waals surface area contributed by atoms with Gasteiger partial charge in [0.2, 0.25) is 11.8 Å². The van der Waals surface area contributed by atoms with Crippen LogP contribution in [0, 0.1) is 11.3 Å². The molecule has 0 aliphatic carbocycles. The zero-order chi connectivity index (χ0) is 22.2. The van der Waals surface area contributed by atoms with E-state index in [0.717, 1.165) is 15.6 Å². The van der Waals surface area contributed by atoms with Crippen LogP contribution >= 0.6 is 11.3 Å². The molecular weight excluding hydrogens is 412 g/mol. The van der Waals surface area contributed by atoms with E-state index in [2.05, 4.69) is 16.0 Å². The molecule has 1 atom stereocenters. The van der Waals surface area contributed by atoms with Gasteiger partial charge in [-0.05, 0) is 46.7 Å². The smallest absolute Gasteiger partial charge is 0.251 e. The third-order valence-corrected chi connectivity index (χ3v) is 5.65. The van der Waals surface area contributed by atoms with Gasteiger partial charge in [0.05, 0.1) is 18.4 Å². The van der Waals surface area contributed by atoms with Gasteiger partial charge in [0.25, 0.3) is 5.91 Å². The highest BCUT2D eigenvalue weighted by Gasteiger charge is 2.24. The molecule has 1 unspecified atom stereocenters. The Kier molecular flexibility index (Phi) is 7.35. The minimum atomic E-state index is -0.586. The van der Waals surface area contributed by atoms with Crippen LogP contribution in [0.2, 0.25) is 0 Å².